The van der Waals surface area contributed by atoms with E-state index in [1.807, 2.05) is 0 Å². The third-order valence-corrected chi connectivity index (χ3v) is 3.52. The quantitative estimate of drug-likeness (QED) is 0.868. The van der Waals surface area contributed by atoms with Gasteiger partial charge in [0.2, 0.25) is 0 Å². The predicted octanol–water partition coefficient (Wildman–Crippen LogP) is 2.01. The standard InChI is InChI=1S/C11H9F3N2O2S/c1-2-16-9(11(12,13)14)5-6(15-16)7-3-4-8(19-7)10(17)18/h3-5H,2H2,1H3,(H,17,18)/p-1. The molecule has 102 valence electrons. The summed E-state index contributed by atoms with van der Waals surface area (Å²) in [6, 6.07) is 3.61. The zero-order valence-corrected chi connectivity index (χ0v) is 10.5. The maximum Gasteiger partial charge on any atom is 0.433 e. The first-order chi connectivity index (χ1) is 8.82. The van der Waals surface area contributed by atoms with Gasteiger partial charge in [-0.25, -0.2) is 0 Å². The van der Waals surface area contributed by atoms with Gasteiger partial charge in [0.05, 0.1) is 15.7 Å². The Kier molecular flexibility index (Phi) is 3.36. The molecule has 0 aliphatic heterocycles. The monoisotopic (exact) mass is 289 g/mol. The Balaban J connectivity index is 2.45. The van der Waals surface area contributed by atoms with Crippen LogP contribution in [0.25, 0.3) is 10.6 Å². The number of aromatic nitrogens is 2. The molecule has 0 spiro atoms. The first kappa shape index (κ1) is 13.6. The molecule has 8 heteroatoms. The molecule has 0 saturated heterocycles. The molecule has 19 heavy (non-hydrogen) atoms. The maximum atomic E-state index is 12.7. The van der Waals surface area contributed by atoms with Crippen LogP contribution in [0.4, 0.5) is 13.2 Å². The summed E-state index contributed by atoms with van der Waals surface area (Å²) in [6.45, 7) is 1.63. The average molecular weight is 289 g/mol. The zero-order chi connectivity index (χ0) is 14.2. The van der Waals surface area contributed by atoms with Crippen molar-refractivity contribution in [1.82, 2.24) is 9.78 Å². The number of alkyl halides is 3. The van der Waals surface area contributed by atoms with Crippen LogP contribution in [-0.4, -0.2) is 15.7 Å². The number of halogens is 3. The minimum absolute atomic E-state index is 0.0467. The molecule has 0 radical (unpaired) electrons. The van der Waals surface area contributed by atoms with E-state index in [0.29, 0.717) is 4.88 Å². The molecule has 0 amide bonds. The Hall–Kier alpha value is -1.83. The van der Waals surface area contributed by atoms with E-state index in [1.54, 1.807) is 6.92 Å². The SMILES string of the molecule is CCn1nc(-c2ccc(C(=O)[O-])s2)cc1C(F)(F)F. The van der Waals surface area contributed by atoms with Gasteiger partial charge < -0.3 is 9.90 Å². The number of hydrogen-bond acceptors (Lipinski definition) is 4. The van der Waals surface area contributed by atoms with E-state index in [-0.39, 0.29) is 17.1 Å². The van der Waals surface area contributed by atoms with Gasteiger partial charge in [0.15, 0.2) is 0 Å². The van der Waals surface area contributed by atoms with E-state index < -0.39 is 17.8 Å². The Morgan fingerprint density at radius 1 is 1.47 bits per heavy atom. The van der Waals surface area contributed by atoms with E-state index in [0.717, 1.165) is 22.1 Å². The third-order valence-electron chi connectivity index (χ3n) is 2.43. The Bertz CT molecular complexity index is 616. The summed E-state index contributed by atoms with van der Waals surface area (Å²) >= 11 is 0.832. The van der Waals surface area contributed by atoms with Crippen molar-refractivity contribution in [1.29, 1.82) is 0 Å². The number of carboxylic acid groups (broad SMARTS) is 1. The van der Waals surface area contributed by atoms with E-state index in [2.05, 4.69) is 5.10 Å². The van der Waals surface area contributed by atoms with Crippen molar-refractivity contribution in [2.75, 3.05) is 0 Å². The highest BCUT2D eigenvalue weighted by Crippen LogP contribution is 2.34. The van der Waals surface area contributed by atoms with Crippen molar-refractivity contribution in [3.8, 4) is 10.6 Å². The lowest BCUT2D eigenvalue weighted by molar-refractivity contribution is -0.254. The second kappa shape index (κ2) is 4.69. The van der Waals surface area contributed by atoms with Gasteiger partial charge in [-0.15, -0.1) is 11.3 Å². The molecule has 0 unspecified atom stereocenters. The zero-order valence-electron chi connectivity index (χ0n) is 9.69. The summed E-state index contributed by atoms with van der Waals surface area (Å²) in [5, 5.41) is 14.5. The molecule has 0 atom stereocenters. The molecule has 2 rings (SSSR count). The highest BCUT2D eigenvalue weighted by atomic mass is 32.1. The van der Waals surface area contributed by atoms with Crippen molar-refractivity contribution in [3.05, 3.63) is 28.8 Å². The van der Waals surface area contributed by atoms with Gasteiger partial charge in [0.1, 0.15) is 11.4 Å². The minimum atomic E-state index is -4.49. The average Bonchev–Trinajstić information content (AvgIpc) is 2.94. The molecular weight excluding hydrogens is 281 g/mol. The van der Waals surface area contributed by atoms with Crippen LogP contribution in [0.1, 0.15) is 22.3 Å². The fraction of sp³-hybridized carbons (Fsp3) is 0.273. The normalized spacial score (nSPS) is 11.8. The summed E-state index contributed by atoms with van der Waals surface area (Å²) in [4.78, 5) is 10.9. The number of rotatable bonds is 3. The number of carbonyl (C=O) groups excluding carboxylic acids is 1. The van der Waals surface area contributed by atoms with E-state index in [4.69, 9.17) is 0 Å². The van der Waals surface area contributed by atoms with Gasteiger partial charge in [0.25, 0.3) is 0 Å². The van der Waals surface area contributed by atoms with Gasteiger partial charge >= 0.3 is 6.18 Å². The molecule has 4 nitrogen and oxygen atoms in total. The second-order valence-corrected chi connectivity index (χ2v) is 4.76. The van der Waals surface area contributed by atoms with E-state index in [1.165, 1.54) is 12.1 Å². The lowest BCUT2D eigenvalue weighted by Gasteiger charge is -2.06. The van der Waals surface area contributed by atoms with Crippen molar-refractivity contribution >= 4 is 17.3 Å². The number of carboxylic acids is 1. The van der Waals surface area contributed by atoms with Crippen LogP contribution in [-0.2, 0) is 12.7 Å². The maximum absolute atomic E-state index is 12.7. The van der Waals surface area contributed by atoms with Gasteiger partial charge in [0, 0.05) is 6.54 Å². The van der Waals surface area contributed by atoms with Crippen LogP contribution in [0, 0.1) is 0 Å². The number of aryl methyl sites for hydroxylation is 1. The molecule has 0 N–H and O–H groups in total. The molecule has 0 fully saturated rings. The lowest BCUT2D eigenvalue weighted by atomic mass is 10.3. The van der Waals surface area contributed by atoms with Crippen LogP contribution in [0.15, 0.2) is 18.2 Å². The van der Waals surface area contributed by atoms with Gasteiger partial charge in [-0.1, -0.05) is 0 Å². The number of thiophene rings is 1. The van der Waals surface area contributed by atoms with Crippen molar-refractivity contribution in [2.45, 2.75) is 19.6 Å². The van der Waals surface area contributed by atoms with Gasteiger partial charge in [-0.3, -0.25) is 4.68 Å². The fourth-order valence-corrected chi connectivity index (χ4v) is 2.39. The van der Waals surface area contributed by atoms with Gasteiger partial charge in [-0.2, -0.15) is 18.3 Å². The highest BCUT2D eigenvalue weighted by molar-refractivity contribution is 7.17. The highest BCUT2D eigenvalue weighted by Gasteiger charge is 2.35. The summed E-state index contributed by atoms with van der Waals surface area (Å²) in [5.41, 5.74) is -0.750. The summed E-state index contributed by atoms with van der Waals surface area (Å²) in [7, 11) is 0. The Morgan fingerprint density at radius 2 is 2.16 bits per heavy atom. The van der Waals surface area contributed by atoms with Crippen LogP contribution in [0.2, 0.25) is 0 Å². The Morgan fingerprint density at radius 3 is 2.58 bits per heavy atom. The molecule has 0 aliphatic carbocycles. The predicted molar refractivity (Wildman–Crippen MR) is 60.5 cm³/mol. The summed E-state index contributed by atoms with van der Waals surface area (Å²) in [5.74, 6) is -1.36. The largest absolute Gasteiger partial charge is 0.544 e. The second-order valence-electron chi connectivity index (χ2n) is 3.68. The van der Waals surface area contributed by atoms with Gasteiger partial charge in [-0.05, 0) is 25.1 Å². The fourth-order valence-electron chi connectivity index (χ4n) is 1.59. The molecule has 0 aromatic carbocycles. The van der Waals surface area contributed by atoms with Crippen molar-refractivity contribution < 1.29 is 23.1 Å². The summed E-state index contributed by atoms with van der Waals surface area (Å²) < 4.78 is 39.0. The number of nitrogens with zero attached hydrogens (tertiary/aromatic N) is 2. The van der Waals surface area contributed by atoms with Crippen LogP contribution < -0.4 is 5.11 Å². The minimum Gasteiger partial charge on any atom is -0.544 e. The Labute approximate surface area is 110 Å². The van der Waals surface area contributed by atoms with Crippen molar-refractivity contribution in [2.24, 2.45) is 0 Å². The molecule has 2 heterocycles. The van der Waals surface area contributed by atoms with Crippen LogP contribution in [0.3, 0.4) is 0 Å². The first-order valence-corrected chi connectivity index (χ1v) is 6.11. The molecule has 0 bridgehead atoms. The van der Waals surface area contributed by atoms with Crippen LogP contribution in [0.5, 0.6) is 0 Å². The number of aromatic carboxylic acids is 1. The first-order valence-electron chi connectivity index (χ1n) is 5.29. The summed E-state index contributed by atoms with van der Waals surface area (Å²) in [6.07, 6.45) is -4.49. The van der Waals surface area contributed by atoms with Crippen LogP contribution >= 0.6 is 11.3 Å². The number of hydrogen-bond donors (Lipinski definition) is 0. The van der Waals surface area contributed by atoms with Crippen molar-refractivity contribution in [3.63, 3.8) is 0 Å². The smallest absolute Gasteiger partial charge is 0.433 e. The molecule has 0 aliphatic rings. The molecule has 2 aromatic rings. The molecule has 0 saturated carbocycles. The lowest BCUT2D eigenvalue weighted by Crippen LogP contribution is -2.20. The van der Waals surface area contributed by atoms with E-state index >= 15 is 0 Å². The van der Waals surface area contributed by atoms with E-state index in [9.17, 15) is 23.1 Å². The topological polar surface area (TPSA) is 58.0 Å². The molecular formula is C11H8F3N2O2S-. The molecule has 2 aromatic heterocycles. The third kappa shape index (κ3) is 2.62. The number of carbonyl (C=O) groups is 1.